The minimum absolute atomic E-state index is 0. The SMILES string of the molecule is O=S(=O)([O-])C(F)(F)F.[Ag+].[N-]=[N+]=N[C@H]1C[C@H](OC(F)(F)F)C[C@@H]1OCc1ccccc1. The number of ether oxygens (including phenoxy) is 2. The van der Waals surface area contributed by atoms with E-state index in [0.717, 1.165) is 5.56 Å². The summed E-state index contributed by atoms with van der Waals surface area (Å²) in [4.78, 5) is 2.66. The van der Waals surface area contributed by atoms with Gasteiger partial charge in [-0.3, -0.25) is 4.74 Å². The van der Waals surface area contributed by atoms with Crippen LogP contribution in [0.1, 0.15) is 18.4 Å². The summed E-state index contributed by atoms with van der Waals surface area (Å²) in [6.45, 7) is 0.252. The zero-order valence-corrected chi connectivity index (χ0v) is 16.9. The van der Waals surface area contributed by atoms with Gasteiger partial charge >= 0.3 is 34.3 Å². The summed E-state index contributed by atoms with van der Waals surface area (Å²) >= 11 is 0. The van der Waals surface area contributed by atoms with Crippen LogP contribution in [-0.4, -0.2) is 43.1 Å². The summed E-state index contributed by atoms with van der Waals surface area (Å²) in [6, 6.07) is 8.59. The molecule has 3 atom stereocenters. The van der Waals surface area contributed by atoms with Gasteiger partial charge in [-0.05, 0) is 17.5 Å². The van der Waals surface area contributed by atoms with Crippen molar-refractivity contribution in [1.29, 1.82) is 0 Å². The van der Waals surface area contributed by atoms with Crippen molar-refractivity contribution in [1.82, 2.24) is 0 Å². The molecule has 0 heterocycles. The standard InChI is InChI=1S/C13H14F3N3O2.CHF3O3S.Ag/c14-13(15,16)21-10-6-11(18-19-17)12(7-10)20-8-9-4-2-1-3-5-9;2-1(3,4)8(5,6)7;/h1-5,10-12H,6-8H2;(H,5,6,7);/q;;+1/p-1/t10-,11-,12-;;/m0../s1. The van der Waals surface area contributed by atoms with Gasteiger partial charge in [0, 0.05) is 11.3 Å². The molecule has 0 radical (unpaired) electrons. The maximum absolute atomic E-state index is 12.2. The van der Waals surface area contributed by atoms with Crippen LogP contribution in [-0.2, 0) is 48.6 Å². The molecule has 0 aliphatic heterocycles. The smallest absolute Gasteiger partial charge is 0.741 e. The molecule has 0 spiro atoms. The topological polar surface area (TPSA) is 124 Å². The third-order valence-corrected chi connectivity index (χ3v) is 4.09. The van der Waals surface area contributed by atoms with E-state index in [1.807, 2.05) is 30.3 Å². The van der Waals surface area contributed by atoms with E-state index in [1.54, 1.807) is 0 Å². The van der Waals surface area contributed by atoms with E-state index < -0.39 is 40.2 Å². The van der Waals surface area contributed by atoms with Gasteiger partial charge in [-0.25, -0.2) is 8.42 Å². The quantitative estimate of drug-likeness (QED) is 0.103. The van der Waals surface area contributed by atoms with E-state index in [2.05, 4.69) is 14.8 Å². The largest absolute Gasteiger partial charge is 1.00 e. The molecule has 1 saturated carbocycles. The van der Waals surface area contributed by atoms with Crippen molar-refractivity contribution in [3.8, 4) is 0 Å². The molecule has 2 rings (SSSR count). The maximum atomic E-state index is 12.2. The molecule has 1 aromatic carbocycles. The average molecular weight is 558 g/mol. The number of halogens is 6. The summed E-state index contributed by atoms with van der Waals surface area (Å²) in [5, 5.41) is 3.51. The minimum Gasteiger partial charge on any atom is -0.741 e. The second kappa shape index (κ2) is 11.9. The van der Waals surface area contributed by atoms with Crippen LogP contribution in [0.25, 0.3) is 10.4 Å². The molecule has 0 bridgehead atoms. The van der Waals surface area contributed by atoms with Crippen molar-refractivity contribution in [3.63, 3.8) is 0 Å². The Morgan fingerprint density at radius 3 is 2.10 bits per heavy atom. The molecule has 1 aliphatic carbocycles. The minimum atomic E-state index is -6.09. The van der Waals surface area contributed by atoms with E-state index >= 15 is 0 Å². The van der Waals surface area contributed by atoms with Crippen LogP contribution in [0.5, 0.6) is 0 Å². The first-order valence-corrected chi connectivity index (χ1v) is 9.10. The summed E-state index contributed by atoms with van der Waals surface area (Å²) in [7, 11) is -6.09. The fraction of sp³-hybridized carbons (Fsp3) is 0.571. The summed E-state index contributed by atoms with van der Waals surface area (Å²) in [5.74, 6) is 0. The molecule has 0 saturated heterocycles. The molecule has 1 fully saturated rings. The Morgan fingerprint density at radius 2 is 1.67 bits per heavy atom. The van der Waals surface area contributed by atoms with Gasteiger partial charge in [0.25, 0.3) is 0 Å². The molecule has 0 amide bonds. The van der Waals surface area contributed by atoms with Crippen molar-refractivity contribution < 1.29 is 71.2 Å². The van der Waals surface area contributed by atoms with Gasteiger partial charge in [-0.2, -0.15) is 13.2 Å². The number of benzene rings is 1. The van der Waals surface area contributed by atoms with E-state index in [1.165, 1.54) is 0 Å². The molecule has 0 aromatic heterocycles. The van der Waals surface area contributed by atoms with Crippen molar-refractivity contribution in [2.24, 2.45) is 5.11 Å². The van der Waals surface area contributed by atoms with E-state index in [9.17, 15) is 26.3 Å². The number of azide groups is 1. The van der Waals surface area contributed by atoms with Gasteiger partial charge in [-0.15, -0.1) is 13.2 Å². The van der Waals surface area contributed by atoms with Crippen LogP contribution >= 0.6 is 0 Å². The van der Waals surface area contributed by atoms with Gasteiger partial charge in [-0.1, -0.05) is 35.4 Å². The fourth-order valence-corrected chi connectivity index (χ4v) is 2.36. The predicted molar refractivity (Wildman–Crippen MR) is 83.9 cm³/mol. The van der Waals surface area contributed by atoms with Crippen molar-refractivity contribution in [3.05, 3.63) is 46.3 Å². The summed E-state index contributed by atoms with van der Waals surface area (Å²) in [6.07, 6.45) is -6.26. The molecule has 0 N–H and O–H groups in total. The zero-order valence-electron chi connectivity index (χ0n) is 14.6. The number of rotatable bonds is 5. The molecule has 8 nitrogen and oxygen atoms in total. The second-order valence-corrected chi connectivity index (χ2v) is 7.04. The van der Waals surface area contributed by atoms with Crippen LogP contribution in [0.2, 0.25) is 0 Å². The Hall–Kier alpha value is -1.32. The Balaban J connectivity index is 0.000000801. The molecular weight excluding hydrogens is 544 g/mol. The first kappa shape index (κ1) is 28.7. The van der Waals surface area contributed by atoms with Gasteiger partial charge in [0.05, 0.1) is 24.9 Å². The second-order valence-electron chi connectivity index (χ2n) is 5.66. The van der Waals surface area contributed by atoms with Crippen LogP contribution < -0.4 is 0 Å². The summed E-state index contributed by atoms with van der Waals surface area (Å²) in [5.41, 5.74) is 3.74. The average Bonchev–Trinajstić information content (AvgIpc) is 2.92. The molecule has 174 valence electrons. The third-order valence-electron chi connectivity index (χ3n) is 3.52. The molecule has 30 heavy (non-hydrogen) atoms. The Labute approximate surface area is 182 Å². The van der Waals surface area contributed by atoms with Crippen molar-refractivity contribution >= 4 is 10.1 Å². The summed E-state index contributed by atoms with van der Waals surface area (Å²) < 4.78 is 105. The number of hydrogen-bond donors (Lipinski definition) is 0. The predicted octanol–water partition coefficient (Wildman–Crippen LogP) is 4.00. The zero-order chi connectivity index (χ0) is 22.3. The van der Waals surface area contributed by atoms with E-state index in [-0.39, 0.29) is 41.8 Å². The molecule has 1 aromatic rings. The Bertz CT molecular complexity index is 803. The fourth-order valence-electron chi connectivity index (χ4n) is 2.36. The molecule has 1 aliphatic rings. The van der Waals surface area contributed by atoms with Gasteiger partial charge in [0.1, 0.15) is 0 Å². The number of hydrogen-bond acceptors (Lipinski definition) is 6. The maximum Gasteiger partial charge on any atom is 1.00 e. The van der Waals surface area contributed by atoms with Crippen LogP contribution in [0.3, 0.4) is 0 Å². The Kier molecular flexibility index (Phi) is 11.4. The first-order valence-electron chi connectivity index (χ1n) is 7.69. The molecule has 0 unspecified atom stereocenters. The van der Waals surface area contributed by atoms with Crippen LogP contribution in [0.15, 0.2) is 35.4 Å². The van der Waals surface area contributed by atoms with Gasteiger partial charge < -0.3 is 9.29 Å². The normalized spacial score (nSPS) is 21.6. The first-order chi connectivity index (χ1) is 13.2. The molecular formula is C14H14AgF6N3O5S. The van der Waals surface area contributed by atoms with Crippen LogP contribution in [0.4, 0.5) is 26.3 Å². The van der Waals surface area contributed by atoms with Crippen molar-refractivity contribution in [2.75, 3.05) is 0 Å². The number of nitrogens with zero attached hydrogens (tertiary/aromatic N) is 3. The van der Waals surface area contributed by atoms with Gasteiger partial charge in [0.2, 0.25) is 0 Å². The monoisotopic (exact) mass is 557 g/mol. The van der Waals surface area contributed by atoms with E-state index in [0.29, 0.717) is 0 Å². The van der Waals surface area contributed by atoms with E-state index in [4.69, 9.17) is 23.2 Å². The molecule has 16 heteroatoms. The number of alkyl halides is 6. The van der Waals surface area contributed by atoms with Crippen molar-refractivity contribution in [2.45, 2.75) is 49.6 Å². The van der Waals surface area contributed by atoms with Crippen LogP contribution in [0, 0.1) is 0 Å². The van der Waals surface area contributed by atoms with Gasteiger partial charge in [0.15, 0.2) is 10.1 Å². The third kappa shape index (κ3) is 10.6. The Morgan fingerprint density at radius 1 is 1.13 bits per heavy atom.